The van der Waals surface area contributed by atoms with Crippen molar-refractivity contribution in [3.8, 4) is 5.82 Å². The maximum Gasteiger partial charge on any atom is 0.226 e. The maximum absolute atomic E-state index is 12.0. The molecule has 0 unspecified atom stereocenters. The number of hydrogen-bond donors (Lipinski definition) is 1. The van der Waals surface area contributed by atoms with E-state index >= 15 is 0 Å². The molecule has 1 amide bonds. The summed E-state index contributed by atoms with van der Waals surface area (Å²) in [5.74, 6) is 2.20. The lowest BCUT2D eigenvalue weighted by molar-refractivity contribution is -0.125. The third kappa shape index (κ3) is 3.08. The monoisotopic (exact) mass is 300 g/mol. The minimum absolute atomic E-state index is 0.0434. The molecule has 0 aliphatic carbocycles. The zero-order chi connectivity index (χ0) is 15.5. The van der Waals surface area contributed by atoms with E-state index in [0.717, 1.165) is 18.2 Å². The van der Waals surface area contributed by atoms with E-state index in [1.807, 2.05) is 18.3 Å². The Morgan fingerprint density at radius 3 is 2.82 bits per heavy atom. The van der Waals surface area contributed by atoms with Crippen LogP contribution >= 0.6 is 0 Å². The van der Waals surface area contributed by atoms with Crippen molar-refractivity contribution in [3.63, 3.8) is 0 Å². The largest absolute Gasteiger partial charge is 0.355 e. The Balaban J connectivity index is 1.59. The molecule has 0 bridgehead atoms. The summed E-state index contributed by atoms with van der Waals surface area (Å²) >= 11 is 0. The van der Waals surface area contributed by atoms with Gasteiger partial charge in [-0.1, -0.05) is 13.8 Å². The highest BCUT2D eigenvalue weighted by atomic mass is 16.2. The van der Waals surface area contributed by atoms with Crippen LogP contribution in [-0.2, 0) is 4.79 Å². The van der Waals surface area contributed by atoms with Crippen LogP contribution in [0, 0.1) is 11.8 Å². The number of nitrogens with zero attached hydrogens (tertiary/aromatic N) is 5. The third-order valence-electron chi connectivity index (χ3n) is 3.64. The van der Waals surface area contributed by atoms with Crippen LogP contribution in [0.4, 0.5) is 5.82 Å². The molecule has 0 aromatic carbocycles. The molecular formula is C15H20N6O. The molecule has 7 nitrogen and oxygen atoms in total. The molecule has 1 aliphatic heterocycles. The van der Waals surface area contributed by atoms with E-state index in [9.17, 15) is 4.79 Å². The fourth-order valence-corrected chi connectivity index (χ4v) is 2.32. The Bertz CT molecular complexity index is 633. The predicted octanol–water partition coefficient (Wildman–Crippen LogP) is 0.871. The lowest BCUT2D eigenvalue weighted by Crippen LogP contribution is -2.54. The predicted molar refractivity (Wildman–Crippen MR) is 82.7 cm³/mol. The zero-order valence-corrected chi connectivity index (χ0v) is 12.8. The van der Waals surface area contributed by atoms with Crippen LogP contribution in [0.2, 0.25) is 0 Å². The van der Waals surface area contributed by atoms with Crippen LogP contribution < -0.4 is 10.2 Å². The van der Waals surface area contributed by atoms with Crippen molar-refractivity contribution in [1.82, 2.24) is 25.1 Å². The molecule has 116 valence electrons. The minimum atomic E-state index is 0.0434. The number of hydrogen-bond acceptors (Lipinski definition) is 5. The fourth-order valence-electron chi connectivity index (χ4n) is 2.32. The van der Waals surface area contributed by atoms with E-state index < -0.39 is 0 Å². The summed E-state index contributed by atoms with van der Waals surface area (Å²) in [5.41, 5.74) is 0. The number of amides is 1. The van der Waals surface area contributed by atoms with Crippen molar-refractivity contribution in [2.75, 3.05) is 24.5 Å². The van der Waals surface area contributed by atoms with Crippen molar-refractivity contribution < 1.29 is 4.79 Å². The zero-order valence-electron chi connectivity index (χ0n) is 12.8. The standard InChI is InChI=1S/C15H20N6O/c1-11(2)7-16-15(22)12-8-20(9-12)13-6-14(18-10-17-13)21-5-3-4-19-21/h3-6,10-12H,7-9H2,1-2H3,(H,16,22). The number of carbonyl (C=O) groups excluding carboxylic acids is 1. The van der Waals surface area contributed by atoms with Crippen LogP contribution in [0.5, 0.6) is 0 Å². The first-order valence-electron chi connectivity index (χ1n) is 7.48. The van der Waals surface area contributed by atoms with Crippen molar-refractivity contribution in [2.45, 2.75) is 13.8 Å². The van der Waals surface area contributed by atoms with Gasteiger partial charge in [0.1, 0.15) is 12.1 Å². The van der Waals surface area contributed by atoms with Gasteiger partial charge >= 0.3 is 0 Å². The number of rotatable bonds is 5. The molecule has 2 aromatic rings. The van der Waals surface area contributed by atoms with Crippen molar-refractivity contribution in [2.24, 2.45) is 11.8 Å². The second-order valence-corrected chi connectivity index (χ2v) is 5.93. The Kier molecular flexibility index (Phi) is 4.04. The highest BCUT2D eigenvalue weighted by Crippen LogP contribution is 2.23. The van der Waals surface area contributed by atoms with Crippen LogP contribution in [0.25, 0.3) is 5.82 Å². The lowest BCUT2D eigenvalue weighted by Gasteiger charge is -2.39. The summed E-state index contributed by atoms with van der Waals surface area (Å²) in [7, 11) is 0. The molecule has 22 heavy (non-hydrogen) atoms. The van der Waals surface area contributed by atoms with Gasteiger partial charge in [-0.15, -0.1) is 0 Å². The van der Waals surface area contributed by atoms with Crippen molar-refractivity contribution in [3.05, 3.63) is 30.9 Å². The number of aromatic nitrogens is 4. The molecule has 1 aliphatic rings. The topological polar surface area (TPSA) is 75.9 Å². The summed E-state index contributed by atoms with van der Waals surface area (Å²) in [6.07, 6.45) is 5.07. The number of carbonyl (C=O) groups is 1. The van der Waals surface area contributed by atoms with Gasteiger partial charge in [-0.3, -0.25) is 4.79 Å². The highest BCUT2D eigenvalue weighted by molar-refractivity contribution is 5.81. The molecule has 0 saturated carbocycles. The van der Waals surface area contributed by atoms with Gasteiger partial charge in [0, 0.05) is 38.1 Å². The first-order valence-corrected chi connectivity index (χ1v) is 7.48. The molecule has 0 spiro atoms. The van der Waals surface area contributed by atoms with Crippen LogP contribution in [0.3, 0.4) is 0 Å². The number of anilines is 1. The first kappa shape index (κ1) is 14.5. The number of nitrogens with one attached hydrogen (secondary N) is 1. The molecule has 0 radical (unpaired) electrons. The second-order valence-electron chi connectivity index (χ2n) is 5.93. The average Bonchev–Trinajstić information content (AvgIpc) is 2.98. The third-order valence-corrected chi connectivity index (χ3v) is 3.64. The SMILES string of the molecule is CC(C)CNC(=O)C1CN(c2cc(-n3cccn3)ncn2)C1. The van der Waals surface area contributed by atoms with Crippen molar-refractivity contribution in [1.29, 1.82) is 0 Å². The summed E-state index contributed by atoms with van der Waals surface area (Å²) in [4.78, 5) is 22.5. The molecular weight excluding hydrogens is 280 g/mol. The highest BCUT2D eigenvalue weighted by Gasteiger charge is 2.33. The van der Waals surface area contributed by atoms with Crippen LogP contribution in [-0.4, -0.2) is 45.3 Å². The lowest BCUT2D eigenvalue weighted by atomic mass is 9.99. The van der Waals surface area contributed by atoms with E-state index in [4.69, 9.17) is 0 Å². The quantitative estimate of drug-likeness (QED) is 0.887. The fraction of sp³-hybridized carbons (Fsp3) is 0.467. The Morgan fingerprint density at radius 1 is 1.36 bits per heavy atom. The van der Waals surface area contributed by atoms with Gasteiger partial charge in [-0.05, 0) is 12.0 Å². The Morgan fingerprint density at radius 2 is 2.14 bits per heavy atom. The molecule has 1 N–H and O–H groups in total. The van der Waals surface area contributed by atoms with Crippen molar-refractivity contribution >= 4 is 11.7 Å². The van der Waals surface area contributed by atoms with Gasteiger partial charge in [-0.2, -0.15) is 5.10 Å². The normalized spacial score (nSPS) is 15.0. The molecule has 7 heteroatoms. The van der Waals surface area contributed by atoms with E-state index in [-0.39, 0.29) is 11.8 Å². The summed E-state index contributed by atoms with van der Waals surface area (Å²) in [6, 6.07) is 3.73. The van der Waals surface area contributed by atoms with Gasteiger partial charge in [-0.25, -0.2) is 14.6 Å². The molecule has 3 heterocycles. The smallest absolute Gasteiger partial charge is 0.226 e. The molecule has 1 saturated heterocycles. The summed E-state index contributed by atoms with van der Waals surface area (Å²) in [6.45, 7) is 6.29. The minimum Gasteiger partial charge on any atom is -0.355 e. The molecule has 0 atom stereocenters. The van der Waals surface area contributed by atoms with E-state index in [2.05, 4.69) is 39.1 Å². The van der Waals surface area contributed by atoms with Gasteiger partial charge in [0.25, 0.3) is 0 Å². The Labute approximate surface area is 129 Å². The maximum atomic E-state index is 12.0. The summed E-state index contributed by atoms with van der Waals surface area (Å²) < 4.78 is 1.69. The van der Waals surface area contributed by atoms with E-state index in [1.54, 1.807) is 10.9 Å². The molecule has 3 rings (SSSR count). The van der Waals surface area contributed by atoms with Gasteiger partial charge in [0.2, 0.25) is 5.91 Å². The van der Waals surface area contributed by atoms with E-state index in [1.165, 1.54) is 6.33 Å². The first-order chi connectivity index (χ1) is 10.6. The van der Waals surface area contributed by atoms with Gasteiger partial charge < -0.3 is 10.2 Å². The Hall–Kier alpha value is -2.44. The van der Waals surface area contributed by atoms with Crippen LogP contribution in [0.1, 0.15) is 13.8 Å². The van der Waals surface area contributed by atoms with Gasteiger partial charge in [0.05, 0.1) is 5.92 Å². The second kappa shape index (κ2) is 6.13. The average molecular weight is 300 g/mol. The van der Waals surface area contributed by atoms with Crippen LogP contribution in [0.15, 0.2) is 30.9 Å². The van der Waals surface area contributed by atoms with Gasteiger partial charge in [0.15, 0.2) is 5.82 Å². The summed E-state index contributed by atoms with van der Waals surface area (Å²) in [5, 5.41) is 7.14. The molecule has 2 aromatic heterocycles. The molecule has 1 fully saturated rings. The van der Waals surface area contributed by atoms with E-state index in [0.29, 0.717) is 19.0 Å².